The third kappa shape index (κ3) is 3.29. The van der Waals surface area contributed by atoms with Crippen LogP contribution in [0.1, 0.15) is 63.6 Å². The zero-order valence-corrected chi connectivity index (χ0v) is 22.3. The zero-order chi connectivity index (χ0) is 26.7. The molecule has 2 aromatic carbocycles. The molecule has 1 saturated heterocycles. The molecule has 0 unspecified atom stereocenters. The molecule has 4 atom stereocenters. The molecule has 40 heavy (non-hydrogen) atoms. The van der Waals surface area contributed by atoms with E-state index in [0.29, 0.717) is 41.6 Å². The Hall–Kier alpha value is -3.23. The molecule has 3 aliphatic heterocycles. The number of hydrogen-bond donors (Lipinski definition) is 3. The van der Waals surface area contributed by atoms with Gasteiger partial charge in [-0.15, -0.1) is 0 Å². The van der Waals surface area contributed by atoms with Crippen molar-refractivity contribution in [2.24, 2.45) is 5.92 Å². The van der Waals surface area contributed by atoms with E-state index in [0.717, 1.165) is 35.4 Å². The number of rotatable bonds is 5. The van der Waals surface area contributed by atoms with E-state index in [9.17, 15) is 15.0 Å². The number of carbonyl (C=O) groups excluding carboxylic acids is 1. The Bertz CT molecular complexity index is 1450. The van der Waals surface area contributed by atoms with Gasteiger partial charge in [-0.25, -0.2) is 0 Å². The van der Waals surface area contributed by atoms with Crippen LogP contribution in [0.25, 0.3) is 5.57 Å². The van der Waals surface area contributed by atoms with Crippen LogP contribution in [-0.2, 0) is 16.6 Å². The first-order chi connectivity index (χ1) is 18.8. The summed E-state index contributed by atoms with van der Waals surface area (Å²) in [5.74, 6) is 2.32. The van der Waals surface area contributed by atoms with Gasteiger partial charge in [-0.3, -0.25) is 9.69 Å². The van der Waals surface area contributed by atoms with Crippen LogP contribution in [0.5, 0.6) is 23.0 Å². The number of fused-ring (bicyclic) bond motifs is 1. The number of aliphatic hydroxyl groups is 1. The molecular formula is C32H38N2O6. The van der Waals surface area contributed by atoms with Crippen molar-refractivity contribution < 1.29 is 29.2 Å². The molecule has 3 aliphatic carbocycles. The van der Waals surface area contributed by atoms with Gasteiger partial charge in [0.1, 0.15) is 6.10 Å². The molecule has 8 rings (SSSR count). The first-order valence-corrected chi connectivity index (χ1v) is 14.2. The Labute approximate surface area is 234 Å². The van der Waals surface area contributed by atoms with Crippen LogP contribution in [0, 0.1) is 5.92 Å². The van der Waals surface area contributed by atoms with Crippen molar-refractivity contribution >= 4 is 11.5 Å². The molecule has 3 heterocycles. The number of nitrogens with one attached hydrogen (secondary N) is 1. The van der Waals surface area contributed by atoms with Crippen molar-refractivity contribution in [2.75, 3.05) is 19.9 Å². The summed E-state index contributed by atoms with van der Waals surface area (Å²) >= 11 is 0. The van der Waals surface area contributed by atoms with Crippen LogP contribution in [0.4, 0.5) is 0 Å². The Morgan fingerprint density at radius 3 is 2.75 bits per heavy atom. The molecular weight excluding hydrogens is 508 g/mol. The van der Waals surface area contributed by atoms with Crippen molar-refractivity contribution in [3.05, 3.63) is 52.6 Å². The molecule has 0 radical (unpaired) electrons. The molecule has 6 aliphatic rings. The van der Waals surface area contributed by atoms with Crippen LogP contribution in [-0.4, -0.2) is 64.7 Å². The average Bonchev–Trinajstić information content (AvgIpc) is 3.46. The number of phenols is 1. The highest BCUT2D eigenvalue weighted by molar-refractivity contribution is 6.04. The van der Waals surface area contributed by atoms with Gasteiger partial charge in [-0.1, -0.05) is 19.6 Å². The molecule has 1 saturated carbocycles. The lowest BCUT2D eigenvalue weighted by atomic mass is 9.48. The van der Waals surface area contributed by atoms with Gasteiger partial charge in [0.15, 0.2) is 23.0 Å². The van der Waals surface area contributed by atoms with Crippen molar-refractivity contribution in [1.29, 1.82) is 0 Å². The van der Waals surface area contributed by atoms with E-state index >= 15 is 0 Å². The molecule has 0 aromatic heterocycles. The normalized spacial score (nSPS) is 31.0. The second-order valence-corrected chi connectivity index (χ2v) is 12.5. The summed E-state index contributed by atoms with van der Waals surface area (Å²) in [5.41, 5.74) is 2.17. The van der Waals surface area contributed by atoms with Gasteiger partial charge in [0.25, 0.3) is 0 Å². The first-order valence-electron chi connectivity index (χ1n) is 14.2. The van der Waals surface area contributed by atoms with Gasteiger partial charge in [0, 0.05) is 41.8 Å². The first kappa shape index (κ1) is 25.7. The molecule has 212 valence electrons. The molecule has 8 heteroatoms. The fourth-order valence-electron chi connectivity index (χ4n) is 8.13. The number of benzene rings is 2. The minimum Gasteiger partial charge on any atom is -0.504 e. The number of nitrogens with zero attached hydrogens (tertiary/aromatic N) is 1. The van der Waals surface area contributed by atoms with E-state index < -0.39 is 17.1 Å². The molecule has 8 nitrogen and oxygen atoms in total. The summed E-state index contributed by atoms with van der Waals surface area (Å²) in [6.07, 6.45) is 3.43. The predicted molar refractivity (Wildman–Crippen MR) is 150 cm³/mol. The van der Waals surface area contributed by atoms with Crippen molar-refractivity contribution in [3.63, 3.8) is 0 Å². The number of piperidine rings is 1. The molecule has 1 spiro atoms. The summed E-state index contributed by atoms with van der Waals surface area (Å²) in [6.45, 7) is 5.86. The topological polar surface area (TPSA) is 100 Å². The second-order valence-electron chi connectivity index (χ2n) is 12.5. The van der Waals surface area contributed by atoms with E-state index in [1.165, 1.54) is 12.8 Å². The Morgan fingerprint density at radius 2 is 1.98 bits per heavy atom. The van der Waals surface area contributed by atoms with Gasteiger partial charge in [0.05, 0.1) is 11.0 Å². The number of phenolic OH excluding ortho intramolecular Hbond substituents is 1. The summed E-state index contributed by atoms with van der Waals surface area (Å²) in [6, 6.07) is 9.24. The monoisotopic (exact) mass is 546 g/mol. The Balaban J connectivity index is 0.00000264. The number of aromatic hydroxyl groups is 1. The number of hydrogen-bond acceptors (Lipinski definition) is 7. The van der Waals surface area contributed by atoms with Gasteiger partial charge < -0.3 is 29.7 Å². The molecule has 2 aromatic rings. The number of amides is 1. The maximum absolute atomic E-state index is 13.9. The third-order valence-corrected chi connectivity index (χ3v) is 9.92. The molecule has 1 amide bonds. The SMILES string of the molecule is C.CC(C)NC(=O)C1=C(c2ccc3c(c2)OCO3)[C@@H]2Oc3c(O)ccc4c3[C@@]23CCN(CC2CC2)[C@H](C4)[C@]3(O)C1. The largest absolute Gasteiger partial charge is 0.504 e. The van der Waals surface area contributed by atoms with Gasteiger partial charge in [-0.05, 0) is 81.3 Å². The summed E-state index contributed by atoms with van der Waals surface area (Å²) in [5, 5.41) is 27.1. The second kappa shape index (κ2) is 8.63. The molecule has 3 N–H and O–H groups in total. The van der Waals surface area contributed by atoms with E-state index in [-0.39, 0.29) is 44.4 Å². The maximum atomic E-state index is 13.9. The molecule has 2 fully saturated rings. The smallest absolute Gasteiger partial charge is 0.247 e. The quantitative estimate of drug-likeness (QED) is 0.523. The Morgan fingerprint density at radius 1 is 1.18 bits per heavy atom. The van der Waals surface area contributed by atoms with Gasteiger partial charge >= 0.3 is 0 Å². The predicted octanol–water partition coefficient (Wildman–Crippen LogP) is 3.91. The fraction of sp³-hybridized carbons (Fsp3) is 0.531. The zero-order valence-electron chi connectivity index (χ0n) is 22.3. The standard InChI is InChI=1S/C31H34N2O6.CH4/c1-16(2)32-29(35)20-13-31(36)24-12-19-5-7-21(34)27-26(19)30(31,9-10-33(24)14-17-3-4-17)28(39-27)25(20)18-6-8-22-23(11-18)38-15-37-22;/h5-8,11,16-17,24,28,34,36H,3-4,9-10,12-15H2,1-2H3,(H,32,35);1H4/t24-,28+,30+,31-;/m1./s1. The lowest BCUT2D eigenvalue weighted by Gasteiger charge is -2.63. The fourth-order valence-corrected chi connectivity index (χ4v) is 8.13. The lowest BCUT2D eigenvalue weighted by Crippen LogP contribution is -2.75. The van der Waals surface area contributed by atoms with E-state index in [2.05, 4.69) is 10.2 Å². The van der Waals surface area contributed by atoms with Crippen LogP contribution in [0.2, 0.25) is 0 Å². The van der Waals surface area contributed by atoms with Crippen molar-refractivity contribution in [3.8, 4) is 23.0 Å². The minimum atomic E-state index is -1.22. The highest BCUT2D eigenvalue weighted by Gasteiger charge is 2.73. The average molecular weight is 547 g/mol. The van der Waals surface area contributed by atoms with E-state index in [1.807, 2.05) is 38.1 Å². The maximum Gasteiger partial charge on any atom is 0.247 e. The van der Waals surface area contributed by atoms with E-state index in [4.69, 9.17) is 14.2 Å². The van der Waals surface area contributed by atoms with Crippen LogP contribution in [0.3, 0.4) is 0 Å². The lowest BCUT2D eigenvalue weighted by molar-refractivity contribution is -0.163. The summed E-state index contributed by atoms with van der Waals surface area (Å²) in [4.78, 5) is 16.4. The minimum absolute atomic E-state index is 0. The van der Waals surface area contributed by atoms with Crippen molar-refractivity contribution in [2.45, 2.75) is 82.6 Å². The van der Waals surface area contributed by atoms with Crippen LogP contribution in [0.15, 0.2) is 35.9 Å². The van der Waals surface area contributed by atoms with Gasteiger partial charge in [-0.2, -0.15) is 0 Å². The Kier molecular flexibility index (Phi) is 5.55. The number of ether oxygens (including phenoxy) is 3. The summed E-state index contributed by atoms with van der Waals surface area (Å²) in [7, 11) is 0. The molecule has 2 bridgehead atoms. The van der Waals surface area contributed by atoms with Gasteiger partial charge in [0.2, 0.25) is 12.7 Å². The highest BCUT2D eigenvalue weighted by atomic mass is 16.7. The third-order valence-electron chi connectivity index (χ3n) is 9.92. The highest BCUT2D eigenvalue weighted by Crippen LogP contribution is 2.67. The number of carbonyl (C=O) groups is 1. The van der Waals surface area contributed by atoms with Crippen molar-refractivity contribution in [1.82, 2.24) is 10.2 Å². The van der Waals surface area contributed by atoms with Crippen LogP contribution < -0.4 is 19.5 Å². The summed E-state index contributed by atoms with van der Waals surface area (Å²) < 4.78 is 18.0. The number of likely N-dealkylation sites (tertiary alicyclic amines) is 1. The van der Waals surface area contributed by atoms with Crippen LogP contribution >= 0.6 is 0 Å². The van der Waals surface area contributed by atoms with E-state index in [1.54, 1.807) is 6.07 Å².